The lowest BCUT2D eigenvalue weighted by atomic mass is 9.95. The Morgan fingerprint density at radius 3 is 2.29 bits per heavy atom. The molecule has 1 saturated carbocycles. The first-order valence-electron chi connectivity index (χ1n) is 10.1. The highest BCUT2D eigenvalue weighted by molar-refractivity contribution is 6.89. The van der Waals surface area contributed by atoms with Crippen molar-refractivity contribution >= 4 is 13.3 Å². The molecule has 0 N–H and O–H groups in total. The van der Waals surface area contributed by atoms with Gasteiger partial charge in [-0.1, -0.05) is 70.6 Å². The van der Waals surface area contributed by atoms with Gasteiger partial charge >= 0.3 is 0 Å². The lowest BCUT2D eigenvalue weighted by molar-refractivity contribution is 0.723. The lowest BCUT2D eigenvalue weighted by Crippen LogP contribution is -2.40. The van der Waals surface area contributed by atoms with Gasteiger partial charge in [-0.15, -0.1) is 0 Å². The summed E-state index contributed by atoms with van der Waals surface area (Å²) < 4.78 is 17.3. The molecule has 1 aromatic heterocycles. The van der Waals surface area contributed by atoms with Gasteiger partial charge in [0.1, 0.15) is 0 Å². The van der Waals surface area contributed by atoms with E-state index in [1.165, 1.54) is 5.19 Å². The summed E-state index contributed by atoms with van der Waals surface area (Å²) in [5, 5.41) is 1.27. The molecule has 1 aliphatic rings. The largest absolute Gasteiger partial charge is 0.256 e. The van der Waals surface area contributed by atoms with Crippen molar-refractivity contribution in [3.63, 3.8) is 0 Å². The number of pyridine rings is 1. The minimum atomic E-state index is -1.56. The molecule has 0 amide bonds. The molecule has 2 aromatic rings. The first kappa shape index (κ1) is 14.9. The Hall–Kier alpha value is -1.41. The van der Waals surface area contributed by atoms with E-state index in [-0.39, 0.29) is 0 Å². The molecule has 1 heterocycles. The smallest absolute Gasteiger partial charge is 0.0799 e. The summed E-state index contributed by atoms with van der Waals surface area (Å²) in [6, 6.07) is 10.5. The average molecular weight is 340 g/mol. The van der Waals surface area contributed by atoms with Gasteiger partial charge in [0.15, 0.2) is 0 Å². The summed E-state index contributed by atoms with van der Waals surface area (Å²) in [5.41, 5.74) is 4.22. The van der Waals surface area contributed by atoms with Crippen LogP contribution in [0, 0.1) is 0 Å². The zero-order valence-electron chi connectivity index (χ0n) is 17.7. The van der Waals surface area contributed by atoms with Gasteiger partial charge < -0.3 is 0 Å². The third kappa shape index (κ3) is 3.64. The fraction of sp³-hybridized carbons (Fsp3) is 0.500. The van der Waals surface area contributed by atoms with Crippen LogP contribution < -0.4 is 5.19 Å². The number of rotatable bonds is 4. The molecule has 0 unspecified atom stereocenters. The summed E-state index contributed by atoms with van der Waals surface area (Å²) in [7, 11) is -1.56. The molecular formula is C22H31NSi. The highest BCUT2D eigenvalue weighted by Gasteiger charge is 2.23. The topological polar surface area (TPSA) is 12.9 Å². The minimum Gasteiger partial charge on any atom is -0.256 e. The highest BCUT2D eigenvalue weighted by Crippen LogP contribution is 2.34. The highest BCUT2D eigenvalue weighted by atomic mass is 28.3. The molecule has 0 aliphatic heterocycles. The van der Waals surface area contributed by atoms with Crippen molar-refractivity contribution < 1.29 is 2.74 Å². The third-order valence-electron chi connectivity index (χ3n) is 5.05. The van der Waals surface area contributed by atoms with Crippen LogP contribution in [0.15, 0.2) is 36.5 Å². The van der Waals surface area contributed by atoms with Crippen LogP contribution in [0.5, 0.6) is 0 Å². The van der Waals surface area contributed by atoms with Gasteiger partial charge in [0.05, 0.1) is 13.8 Å². The van der Waals surface area contributed by atoms with Crippen molar-refractivity contribution in [2.45, 2.75) is 71.0 Å². The first-order valence-corrected chi connectivity index (χ1v) is 12.6. The Kier molecular flexibility index (Phi) is 4.24. The van der Waals surface area contributed by atoms with Crippen molar-refractivity contribution in [3.8, 4) is 11.3 Å². The van der Waals surface area contributed by atoms with Crippen LogP contribution in [0.2, 0.25) is 19.6 Å². The molecule has 2 heteroatoms. The molecule has 0 spiro atoms. The Morgan fingerprint density at radius 2 is 1.75 bits per heavy atom. The van der Waals surface area contributed by atoms with Crippen LogP contribution in [-0.4, -0.2) is 13.1 Å². The number of aromatic nitrogens is 1. The molecule has 1 fully saturated rings. The van der Waals surface area contributed by atoms with Crippen LogP contribution in [0.4, 0.5) is 0 Å². The number of hydrogen-bond acceptors (Lipinski definition) is 1. The Labute approximate surface area is 151 Å². The molecule has 0 radical (unpaired) electrons. The molecule has 1 aromatic carbocycles. The van der Waals surface area contributed by atoms with Gasteiger partial charge in [0.2, 0.25) is 0 Å². The normalized spacial score (nSPS) is 19.0. The molecule has 3 rings (SSSR count). The van der Waals surface area contributed by atoms with Crippen LogP contribution in [0.1, 0.15) is 65.2 Å². The van der Waals surface area contributed by atoms with Crippen molar-refractivity contribution in [1.82, 2.24) is 4.98 Å². The molecule has 1 aliphatic carbocycles. The molecule has 24 heavy (non-hydrogen) atoms. The minimum absolute atomic E-state index is 0.401. The summed E-state index contributed by atoms with van der Waals surface area (Å²) in [6.45, 7) is 10.8. The summed E-state index contributed by atoms with van der Waals surface area (Å²) in [6.07, 6.45) is 6.25. The zero-order valence-corrected chi connectivity index (χ0v) is 16.7. The predicted molar refractivity (Wildman–Crippen MR) is 108 cm³/mol. The van der Waals surface area contributed by atoms with Gasteiger partial charge in [0, 0.05) is 14.5 Å². The van der Waals surface area contributed by atoms with Gasteiger partial charge in [-0.3, -0.25) is 4.98 Å². The fourth-order valence-corrected chi connectivity index (χ4v) is 5.17. The van der Waals surface area contributed by atoms with E-state index < -0.39 is 19.9 Å². The molecule has 0 atom stereocenters. The number of benzene rings is 1. The standard InChI is InChI=1S/C22H31NSi/c1-16(2)20-14-21(23-15-22(20)24(3,4)5)19-12-10-18(11-13-19)17-8-6-7-9-17/h10-17H,6-9H2,1-5H3/i16D,17D. The number of nitrogens with zero attached hydrogens (tertiary/aromatic N) is 1. The summed E-state index contributed by atoms with van der Waals surface area (Å²) in [5.74, 6) is -1.04. The van der Waals surface area contributed by atoms with E-state index in [4.69, 9.17) is 7.73 Å². The van der Waals surface area contributed by atoms with E-state index in [1.807, 2.05) is 20.0 Å². The second-order valence-electron chi connectivity index (χ2n) is 8.25. The summed E-state index contributed by atoms with van der Waals surface area (Å²) in [4.78, 5) is 4.74. The van der Waals surface area contributed by atoms with Crippen LogP contribution in [0.3, 0.4) is 0 Å². The quantitative estimate of drug-likeness (QED) is 0.616. The SMILES string of the molecule is [2H]C(C)(C)c1cc(-c2ccc(C3([2H])CCCC3)cc2)ncc1[Si](C)(C)C. The molecular weight excluding hydrogens is 306 g/mol. The Bertz CT molecular complexity index is 779. The maximum atomic E-state index is 8.67. The third-order valence-corrected chi connectivity index (χ3v) is 7.06. The van der Waals surface area contributed by atoms with Gasteiger partial charge in [-0.25, -0.2) is 0 Å². The van der Waals surface area contributed by atoms with E-state index in [1.54, 1.807) is 0 Å². The maximum absolute atomic E-state index is 8.67. The monoisotopic (exact) mass is 339 g/mol. The van der Waals surface area contributed by atoms with E-state index >= 15 is 0 Å². The molecule has 0 saturated heterocycles. The van der Waals surface area contributed by atoms with E-state index in [0.29, 0.717) is 0 Å². The van der Waals surface area contributed by atoms with Crippen LogP contribution in [0.25, 0.3) is 11.3 Å². The molecule has 128 valence electrons. The second-order valence-corrected chi connectivity index (χ2v) is 13.3. The van der Waals surface area contributed by atoms with E-state index in [9.17, 15) is 0 Å². The second kappa shape index (κ2) is 6.83. The Balaban J connectivity index is 1.99. The maximum Gasteiger partial charge on any atom is 0.0799 e. The van der Waals surface area contributed by atoms with Gasteiger partial charge in [-0.05, 0) is 47.0 Å². The zero-order chi connectivity index (χ0) is 19.2. The van der Waals surface area contributed by atoms with Crippen molar-refractivity contribution in [1.29, 1.82) is 0 Å². The average Bonchev–Trinajstić information content (AvgIpc) is 3.01. The molecule has 1 nitrogen and oxygen atoms in total. The molecule has 0 bridgehead atoms. The Morgan fingerprint density at radius 1 is 1.12 bits per heavy atom. The predicted octanol–water partition coefficient (Wildman–Crippen LogP) is 6.07. The van der Waals surface area contributed by atoms with Gasteiger partial charge in [0.25, 0.3) is 0 Å². The first-order chi connectivity index (χ1) is 12.0. The number of hydrogen-bond donors (Lipinski definition) is 0. The van der Waals surface area contributed by atoms with Gasteiger partial charge in [-0.2, -0.15) is 0 Å². The van der Waals surface area contributed by atoms with Crippen molar-refractivity contribution in [2.75, 3.05) is 0 Å². The summed E-state index contributed by atoms with van der Waals surface area (Å²) >= 11 is 0. The van der Waals surface area contributed by atoms with E-state index in [0.717, 1.165) is 48.1 Å². The van der Waals surface area contributed by atoms with Crippen LogP contribution in [-0.2, 0) is 0 Å². The van der Waals surface area contributed by atoms with E-state index in [2.05, 4.69) is 50.0 Å². The fourth-order valence-electron chi connectivity index (χ4n) is 3.59. The van der Waals surface area contributed by atoms with Crippen molar-refractivity contribution in [2.24, 2.45) is 0 Å². The lowest BCUT2D eigenvalue weighted by Gasteiger charge is -2.23. The van der Waals surface area contributed by atoms with Crippen LogP contribution >= 0.6 is 0 Å². The van der Waals surface area contributed by atoms with Crippen molar-refractivity contribution in [3.05, 3.63) is 47.7 Å².